The molecule has 1 aliphatic heterocycles. The van der Waals surface area contributed by atoms with E-state index in [1.54, 1.807) is 0 Å². The molecule has 0 bridgehead atoms. The van der Waals surface area contributed by atoms with E-state index in [4.69, 9.17) is 0 Å². The molecule has 6 nitrogen and oxygen atoms in total. The number of nitrogens with zero attached hydrogens (tertiary/aromatic N) is 2. The summed E-state index contributed by atoms with van der Waals surface area (Å²) >= 11 is 0. The molecule has 1 heterocycles. The number of rotatable bonds is 3. The summed E-state index contributed by atoms with van der Waals surface area (Å²) in [4.78, 5) is 22.3. The number of hydrogen-bond donors (Lipinski definition) is 2. The van der Waals surface area contributed by atoms with Gasteiger partial charge in [0.25, 0.3) is 0 Å². The van der Waals surface area contributed by atoms with Gasteiger partial charge < -0.3 is 0 Å². The third kappa shape index (κ3) is 2.57. The molecule has 1 rings (SSSR count). The highest BCUT2D eigenvalue weighted by atomic mass is 16.2. The first-order valence-electron chi connectivity index (χ1n) is 5.30. The average molecular weight is 226 g/mol. The van der Waals surface area contributed by atoms with Crippen LogP contribution in [0.3, 0.4) is 0 Å². The molecule has 0 spiro atoms. The number of hydrazine groups is 1. The Bertz CT molecular complexity index is 340. The van der Waals surface area contributed by atoms with E-state index in [2.05, 4.69) is 16.0 Å². The van der Waals surface area contributed by atoms with E-state index >= 15 is 0 Å². The normalized spacial score (nSPS) is 24.2. The molecule has 0 aromatic heterocycles. The van der Waals surface area contributed by atoms with Crippen molar-refractivity contribution >= 4 is 17.5 Å². The smallest absolute Gasteiger partial charge is 0.241 e. The van der Waals surface area contributed by atoms with Crippen LogP contribution in [0.1, 0.15) is 40.5 Å². The molecule has 1 atom stereocenters. The van der Waals surface area contributed by atoms with Crippen molar-refractivity contribution in [2.75, 3.05) is 0 Å². The molecule has 16 heavy (non-hydrogen) atoms. The summed E-state index contributed by atoms with van der Waals surface area (Å²) < 4.78 is 0. The monoisotopic (exact) mass is 226 g/mol. The van der Waals surface area contributed by atoms with Gasteiger partial charge in [0.2, 0.25) is 11.8 Å². The van der Waals surface area contributed by atoms with Gasteiger partial charge in [0, 0.05) is 26.0 Å². The number of hydrogen-bond acceptors (Lipinski definition) is 4. The maximum absolute atomic E-state index is 11.4. The van der Waals surface area contributed by atoms with Gasteiger partial charge in [-0.15, -0.1) is 0 Å². The molecule has 0 aliphatic carbocycles. The van der Waals surface area contributed by atoms with Crippen molar-refractivity contribution in [3.05, 3.63) is 0 Å². The predicted octanol–water partition coefficient (Wildman–Crippen LogP) is 0.362. The molecule has 2 N–H and O–H groups in total. The van der Waals surface area contributed by atoms with Crippen molar-refractivity contribution in [2.45, 2.75) is 46.2 Å². The minimum Gasteiger partial charge on any atom is -0.290 e. The third-order valence-corrected chi connectivity index (χ3v) is 2.47. The lowest BCUT2D eigenvalue weighted by Gasteiger charge is -2.32. The van der Waals surface area contributed by atoms with Crippen LogP contribution in [-0.4, -0.2) is 28.2 Å². The number of hydrazone groups is 1. The summed E-state index contributed by atoms with van der Waals surface area (Å²) in [5.41, 5.74) is 5.62. The predicted molar refractivity (Wildman–Crippen MR) is 60.2 cm³/mol. The summed E-state index contributed by atoms with van der Waals surface area (Å²) in [5, 5.41) is 5.60. The SMILES string of the molecule is CCC1=NN(C(C)=O)[C@](C)(NNC(C)=O)C1. The zero-order chi connectivity index (χ0) is 12.3. The Hall–Kier alpha value is -1.43. The highest BCUT2D eigenvalue weighted by Gasteiger charge is 2.40. The van der Waals surface area contributed by atoms with E-state index in [-0.39, 0.29) is 11.8 Å². The van der Waals surface area contributed by atoms with E-state index in [1.807, 2.05) is 13.8 Å². The quantitative estimate of drug-likeness (QED) is 0.682. The van der Waals surface area contributed by atoms with Crippen molar-refractivity contribution in [3.8, 4) is 0 Å². The second-order valence-electron chi connectivity index (χ2n) is 4.11. The molecular formula is C10H18N4O2. The van der Waals surface area contributed by atoms with Gasteiger partial charge in [0.1, 0.15) is 5.66 Å². The molecule has 1 aliphatic rings. The molecule has 0 unspecified atom stereocenters. The van der Waals surface area contributed by atoms with Crippen LogP contribution in [0.15, 0.2) is 5.10 Å². The highest BCUT2D eigenvalue weighted by molar-refractivity contribution is 5.90. The molecule has 0 aromatic rings. The van der Waals surface area contributed by atoms with Crippen LogP contribution >= 0.6 is 0 Å². The largest absolute Gasteiger partial charge is 0.290 e. The van der Waals surface area contributed by atoms with Crippen LogP contribution in [0.25, 0.3) is 0 Å². The highest BCUT2D eigenvalue weighted by Crippen LogP contribution is 2.25. The molecule has 0 saturated carbocycles. The van der Waals surface area contributed by atoms with Gasteiger partial charge in [0.15, 0.2) is 0 Å². The molecule has 90 valence electrons. The zero-order valence-electron chi connectivity index (χ0n) is 10.1. The lowest BCUT2D eigenvalue weighted by molar-refractivity contribution is -0.136. The fourth-order valence-corrected chi connectivity index (χ4v) is 1.69. The molecule has 2 amide bonds. The lowest BCUT2D eigenvalue weighted by atomic mass is 10.1. The zero-order valence-corrected chi connectivity index (χ0v) is 10.1. The molecule has 6 heteroatoms. The van der Waals surface area contributed by atoms with Gasteiger partial charge in [-0.1, -0.05) is 6.92 Å². The van der Waals surface area contributed by atoms with Crippen molar-refractivity contribution in [2.24, 2.45) is 5.10 Å². The minimum atomic E-state index is -0.664. The van der Waals surface area contributed by atoms with Crippen molar-refractivity contribution in [3.63, 3.8) is 0 Å². The fraction of sp³-hybridized carbons (Fsp3) is 0.700. The minimum absolute atomic E-state index is 0.149. The summed E-state index contributed by atoms with van der Waals surface area (Å²) in [6, 6.07) is 0. The molecule has 0 saturated heterocycles. The van der Waals surface area contributed by atoms with Gasteiger partial charge in [-0.05, 0) is 13.3 Å². The van der Waals surface area contributed by atoms with Crippen LogP contribution in [0, 0.1) is 0 Å². The van der Waals surface area contributed by atoms with Crippen molar-refractivity contribution in [1.29, 1.82) is 0 Å². The lowest BCUT2D eigenvalue weighted by Crippen LogP contribution is -2.59. The second-order valence-corrected chi connectivity index (χ2v) is 4.11. The van der Waals surface area contributed by atoms with Crippen molar-refractivity contribution < 1.29 is 9.59 Å². The van der Waals surface area contributed by atoms with E-state index in [0.29, 0.717) is 6.42 Å². The molecule has 0 aromatic carbocycles. The maximum Gasteiger partial charge on any atom is 0.241 e. The average Bonchev–Trinajstić information content (AvgIpc) is 2.54. The summed E-state index contributed by atoms with van der Waals surface area (Å²) in [7, 11) is 0. The molecular weight excluding hydrogens is 208 g/mol. The van der Waals surface area contributed by atoms with E-state index < -0.39 is 5.66 Å². The van der Waals surface area contributed by atoms with Gasteiger partial charge in [0.05, 0.1) is 0 Å². The first-order chi connectivity index (χ1) is 7.39. The number of nitrogens with one attached hydrogen (secondary N) is 2. The van der Waals surface area contributed by atoms with Gasteiger partial charge >= 0.3 is 0 Å². The summed E-state index contributed by atoms with van der Waals surface area (Å²) in [6.07, 6.45) is 1.41. The first-order valence-corrected chi connectivity index (χ1v) is 5.30. The Morgan fingerprint density at radius 2 is 2.12 bits per heavy atom. The Balaban J connectivity index is 2.79. The molecule has 0 fully saturated rings. The standard InChI is InChI=1S/C10H18N4O2/c1-5-9-6-10(4,13-11-7(2)15)14(12-9)8(3)16/h13H,5-6H2,1-4H3,(H,11,15)/t10-/m0/s1. The number of carbonyl (C=O) groups excluding carboxylic acids is 2. The number of amides is 2. The van der Waals surface area contributed by atoms with E-state index in [1.165, 1.54) is 18.9 Å². The van der Waals surface area contributed by atoms with Gasteiger partial charge in [-0.25, -0.2) is 10.4 Å². The summed E-state index contributed by atoms with van der Waals surface area (Å²) in [5.74, 6) is -0.349. The first kappa shape index (κ1) is 12.6. The summed E-state index contributed by atoms with van der Waals surface area (Å²) in [6.45, 7) is 6.68. The van der Waals surface area contributed by atoms with Crippen LogP contribution in [-0.2, 0) is 9.59 Å². The van der Waals surface area contributed by atoms with Crippen molar-refractivity contribution in [1.82, 2.24) is 15.9 Å². The van der Waals surface area contributed by atoms with Crippen LogP contribution in [0.4, 0.5) is 0 Å². The fourth-order valence-electron chi connectivity index (χ4n) is 1.69. The van der Waals surface area contributed by atoms with Crippen LogP contribution < -0.4 is 10.9 Å². The Kier molecular flexibility index (Phi) is 3.64. The third-order valence-electron chi connectivity index (χ3n) is 2.47. The maximum atomic E-state index is 11.4. The van der Waals surface area contributed by atoms with E-state index in [9.17, 15) is 9.59 Å². The van der Waals surface area contributed by atoms with Crippen LogP contribution in [0.2, 0.25) is 0 Å². The van der Waals surface area contributed by atoms with E-state index in [0.717, 1.165) is 12.1 Å². The Labute approximate surface area is 95.0 Å². The van der Waals surface area contributed by atoms with Crippen LogP contribution in [0.5, 0.6) is 0 Å². The second kappa shape index (κ2) is 4.61. The van der Waals surface area contributed by atoms with Gasteiger partial charge in [-0.3, -0.25) is 15.0 Å². The topological polar surface area (TPSA) is 73.8 Å². The molecule has 0 radical (unpaired) electrons. The Morgan fingerprint density at radius 1 is 1.50 bits per heavy atom. The Morgan fingerprint density at radius 3 is 2.56 bits per heavy atom. The van der Waals surface area contributed by atoms with Gasteiger partial charge in [-0.2, -0.15) is 5.10 Å². The number of carbonyl (C=O) groups is 2.